The number of hydrogen-bond donors (Lipinski definition) is 1. The number of nitrogens with one attached hydrogen (secondary N) is 1. The summed E-state index contributed by atoms with van der Waals surface area (Å²) in [5, 5.41) is 8.19. The van der Waals surface area contributed by atoms with Crippen molar-refractivity contribution in [1.29, 1.82) is 0 Å². The van der Waals surface area contributed by atoms with Gasteiger partial charge < -0.3 is 5.32 Å². The Balaban J connectivity index is 1.89. The maximum absolute atomic E-state index is 4.50. The topological polar surface area (TPSA) is 29.9 Å². The van der Waals surface area contributed by atoms with E-state index in [0.29, 0.717) is 6.04 Å². The van der Waals surface area contributed by atoms with E-state index in [2.05, 4.69) is 52.4 Å². The Morgan fingerprint density at radius 1 is 1.26 bits per heavy atom. The summed E-state index contributed by atoms with van der Waals surface area (Å²) in [6.45, 7) is 3.28. The van der Waals surface area contributed by atoms with Crippen molar-refractivity contribution in [3.63, 3.8) is 0 Å². The summed E-state index contributed by atoms with van der Waals surface area (Å²) < 4.78 is 2.08. The van der Waals surface area contributed by atoms with Gasteiger partial charge >= 0.3 is 0 Å². The van der Waals surface area contributed by atoms with Crippen molar-refractivity contribution in [3.05, 3.63) is 48.3 Å². The second-order valence-electron chi connectivity index (χ2n) is 5.27. The number of hydrogen-bond acceptors (Lipinski definition) is 2. The van der Waals surface area contributed by atoms with Gasteiger partial charge in [-0.15, -0.1) is 0 Å². The molecule has 0 amide bonds. The minimum Gasteiger partial charge on any atom is -0.308 e. The molecule has 1 unspecified atom stereocenters. The average Bonchev–Trinajstić information content (AvgIpc) is 3.17. The first-order valence-corrected chi connectivity index (χ1v) is 7.23. The monoisotopic (exact) mass is 255 g/mol. The van der Waals surface area contributed by atoms with E-state index in [1.807, 2.05) is 12.3 Å². The zero-order valence-corrected chi connectivity index (χ0v) is 11.4. The lowest BCUT2D eigenvalue weighted by molar-refractivity contribution is 0.460. The zero-order chi connectivity index (χ0) is 13.1. The second kappa shape index (κ2) is 5.57. The molecule has 2 aromatic rings. The molecule has 1 aliphatic carbocycles. The van der Waals surface area contributed by atoms with Crippen LogP contribution < -0.4 is 5.32 Å². The molecule has 0 saturated heterocycles. The minimum absolute atomic E-state index is 0.447. The van der Waals surface area contributed by atoms with Gasteiger partial charge in [-0.3, -0.25) is 0 Å². The summed E-state index contributed by atoms with van der Waals surface area (Å²) in [4.78, 5) is 0. The fraction of sp³-hybridized carbons (Fsp3) is 0.438. The van der Waals surface area contributed by atoms with E-state index in [4.69, 9.17) is 0 Å². The number of benzene rings is 1. The van der Waals surface area contributed by atoms with Gasteiger partial charge in [0.05, 0.1) is 17.4 Å². The molecule has 1 fully saturated rings. The maximum atomic E-state index is 4.50. The van der Waals surface area contributed by atoms with Gasteiger partial charge in [0.25, 0.3) is 0 Å². The number of para-hydroxylation sites is 1. The fourth-order valence-electron chi connectivity index (χ4n) is 2.58. The highest BCUT2D eigenvalue weighted by atomic mass is 15.3. The molecule has 1 aromatic heterocycles. The van der Waals surface area contributed by atoms with Gasteiger partial charge in [0.2, 0.25) is 0 Å². The SMILES string of the molecule is CCCNC(c1ccnn1-c1ccccc1)C1CC1. The van der Waals surface area contributed by atoms with Crippen molar-refractivity contribution >= 4 is 0 Å². The Hall–Kier alpha value is -1.61. The molecule has 1 heterocycles. The molecule has 3 heteroatoms. The predicted octanol–water partition coefficient (Wildman–Crippen LogP) is 3.32. The number of rotatable bonds is 6. The Morgan fingerprint density at radius 3 is 2.74 bits per heavy atom. The van der Waals surface area contributed by atoms with Crippen molar-refractivity contribution in [1.82, 2.24) is 15.1 Å². The molecule has 1 aliphatic rings. The van der Waals surface area contributed by atoms with Crippen LogP contribution in [0.3, 0.4) is 0 Å². The van der Waals surface area contributed by atoms with Crippen LogP contribution in [0.4, 0.5) is 0 Å². The Bertz CT molecular complexity index is 514. The Labute approximate surface area is 114 Å². The van der Waals surface area contributed by atoms with Crippen molar-refractivity contribution < 1.29 is 0 Å². The van der Waals surface area contributed by atoms with Gasteiger partial charge in [0, 0.05) is 6.20 Å². The van der Waals surface area contributed by atoms with Gasteiger partial charge in [0.15, 0.2) is 0 Å². The molecule has 0 spiro atoms. The summed E-state index contributed by atoms with van der Waals surface area (Å²) in [5.74, 6) is 0.783. The van der Waals surface area contributed by atoms with Crippen molar-refractivity contribution in [2.75, 3.05) is 6.54 Å². The summed E-state index contributed by atoms with van der Waals surface area (Å²) in [6.07, 6.45) is 5.75. The third-order valence-electron chi connectivity index (χ3n) is 3.70. The van der Waals surface area contributed by atoms with E-state index < -0.39 is 0 Å². The van der Waals surface area contributed by atoms with Crippen LogP contribution in [0.2, 0.25) is 0 Å². The van der Waals surface area contributed by atoms with Crippen molar-refractivity contribution in [2.45, 2.75) is 32.2 Å². The molecule has 3 rings (SSSR count). The second-order valence-corrected chi connectivity index (χ2v) is 5.27. The standard InChI is InChI=1S/C16H21N3/c1-2-11-17-16(13-8-9-13)15-10-12-18-19(15)14-6-4-3-5-7-14/h3-7,10,12-13,16-17H,2,8-9,11H2,1H3. The molecule has 3 nitrogen and oxygen atoms in total. The summed E-state index contributed by atoms with van der Waals surface area (Å²) in [7, 11) is 0. The first-order valence-electron chi connectivity index (χ1n) is 7.23. The van der Waals surface area contributed by atoms with Crippen molar-refractivity contribution in [3.8, 4) is 5.69 Å². The van der Waals surface area contributed by atoms with E-state index in [1.54, 1.807) is 0 Å². The molecule has 0 bridgehead atoms. The molecule has 0 radical (unpaired) electrons. The van der Waals surface area contributed by atoms with E-state index in [1.165, 1.54) is 25.0 Å². The summed E-state index contributed by atoms with van der Waals surface area (Å²) >= 11 is 0. The number of nitrogens with zero attached hydrogens (tertiary/aromatic N) is 2. The molecule has 1 saturated carbocycles. The van der Waals surface area contributed by atoms with Crippen LogP contribution in [0.5, 0.6) is 0 Å². The molecule has 1 N–H and O–H groups in total. The molecule has 1 atom stereocenters. The van der Waals surface area contributed by atoms with Gasteiger partial charge in [-0.1, -0.05) is 25.1 Å². The van der Waals surface area contributed by atoms with Crippen LogP contribution >= 0.6 is 0 Å². The normalized spacial score (nSPS) is 16.5. The highest BCUT2D eigenvalue weighted by Crippen LogP contribution is 2.41. The summed E-state index contributed by atoms with van der Waals surface area (Å²) in [6, 6.07) is 13.0. The molecule has 100 valence electrons. The quantitative estimate of drug-likeness (QED) is 0.858. The molecule has 1 aromatic carbocycles. The lowest BCUT2D eigenvalue weighted by Crippen LogP contribution is -2.26. The highest BCUT2D eigenvalue weighted by Gasteiger charge is 2.33. The van der Waals surface area contributed by atoms with Gasteiger partial charge in [-0.2, -0.15) is 5.10 Å². The van der Waals surface area contributed by atoms with Crippen LogP contribution in [-0.4, -0.2) is 16.3 Å². The van der Waals surface area contributed by atoms with E-state index in [-0.39, 0.29) is 0 Å². The molecule has 0 aliphatic heterocycles. The fourth-order valence-corrected chi connectivity index (χ4v) is 2.58. The van der Waals surface area contributed by atoms with Crippen LogP contribution in [-0.2, 0) is 0 Å². The minimum atomic E-state index is 0.447. The smallest absolute Gasteiger partial charge is 0.0649 e. The van der Waals surface area contributed by atoms with E-state index in [0.717, 1.165) is 18.2 Å². The Morgan fingerprint density at radius 2 is 2.05 bits per heavy atom. The molecular weight excluding hydrogens is 234 g/mol. The van der Waals surface area contributed by atoms with Crippen molar-refractivity contribution in [2.24, 2.45) is 5.92 Å². The lowest BCUT2D eigenvalue weighted by atomic mass is 10.1. The summed E-state index contributed by atoms with van der Waals surface area (Å²) in [5.41, 5.74) is 2.44. The number of aromatic nitrogens is 2. The van der Waals surface area contributed by atoms with Crippen LogP contribution in [0, 0.1) is 5.92 Å². The van der Waals surface area contributed by atoms with Gasteiger partial charge in [-0.05, 0) is 49.9 Å². The van der Waals surface area contributed by atoms with E-state index >= 15 is 0 Å². The average molecular weight is 255 g/mol. The highest BCUT2D eigenvalue weighted by molar-refractivity contribution is 5.33. The third-order valence-corrected chi connectivity index (χ3v) is 3.70. The lowest BCUT2D eigenvalue weighted by Gasteiger charge is -2.19. The van der Waals surface area contributed by atoms with Crippen LogP contribution in [0.1, 0.15) is 37.9 Å². The Kier molecular flexibility index (Phi) is 3.65. The van der Waals surface area contributed by atoms with Gasteiger partial charge in [0.1, 0.15) is 0 Å². The van der Waals surface area contributed by atoms with Gasteiger partial charge in [-0.25, -0.2) is 4.68 Å². The molecule has 19 heavy (non-hydrogen) atoms. The largest absolute Gasteiger partial charge is 0.308 e. The predicted molar refractivity (Wildman–Crippen MR) is 77.3 cm³/mol. The van der Waals surface area contributed by atoms with E-state index in [9.17, 15) is 0 Å². The first-order chi connectivity index (χ1) is 9.40. The molecular formula is C16H21N3. The van der Waals surface area contributed by atoms with Crippen LogP contribution in [0.25, 0.3) is 5.69 Å². The first kappa shape index (κ1) is 12.4. The van der Waals surface area contributed by atoms with Crippen LogP contribution in [0.15, 0.2) is 42.6 Å². The third kappa shape index (κ3) is 2.71. The maximum Gasteiger partial charge on any atom is 0.0649 e. The zero-order valence-electron chi connectivity index (χ0n) is 11.4.